The molecular formula is C18H28N4OS. The molecule has 2 rings (SSSR count). The van der Waals surface area contributed by atoms with Gasteiger partial charge in [-0.3, -0.25) is 4.79 Å². The second-order valence-electron chi connectivity index (χ2n) is 6.17. The Bertz CT molecular complexity index is 527. The molecule has 2 N–H and O–H groups in total. The Labute approximate surface area is 149 Å². The number of benzene rings is 1. The van der Waals surface area contributed by atoms with Crippen LogP contribution in [0.25, 0.3) is 0 Å². The summed E-state index contributed by atoms with van der Waals surface area (Å²) in [6.45, 7) is 0.972. The summed E-state index contributed by atoms with van der Waals surface area (Å²) in [6.07, 6.45) is 3.33. The normalized spacial score (nSPS) is 18.1. The monoisotopic (exact) mass is 348 g/mol. The van der Waals surface area contributed by atoms with E-state index in [1.54, 1.807) is 19.0 Å². The maximum absolute atomic E-state index is 11.8. The van der Waals surface area contributed by atoms with Crippen molar-refractivity contribution in [3.63, 3.8) is 0 Å². The van der Waals surface area contributed by atoms with E-state index in [0.717, 1.165) is 31.1 Å². The Morgan fingerprint density at radius 3 is 2.79 bits per heavy atom. The molecule has 0 saturated carbocycles. The van der Waals surface area contributed by atoms with Crippen molar-refractivity contribution in [3.8, 4) is 0 Å². The number of amides is 1. The fraction of sp³-hybridized carbons (Fsp3) is 0.556. The van der Waals surface area contributed by atoms with Gasteiger partial charge in [0.1, 0.15) is 6.54 Å². The van der Waals surface area contributed by atoms with E-state index in [-0.39, 0.29) is 12.5 Å². The zero-order valence-electron chi connectivity index (χ0n) is 14.6. The van der Waals surface area contributed by atoms with E-state index in [1.165, 1.54) is 17.7 Å². The molecule has 1 aromatic carbocycles. The van der Waals surface area contributed by atoms with Gasteiger partial charge in [0.15, 0.2) is 5.96 Å². The number of nitrogens with one attached hydrogen (secondary N) is 2. The van der Waals surface area contributed by atoms with E-state index in [9.17, 15) is 4.79 Å². The molecule has 1 unspecified atom stereocenters. The third-order valence-electron chi connectivity index (χ3n) is 3.92. The molecule has 0 spiro atoms. The number of rotatable bonds is 6. The van der Waals surface area contributed by atoms with Crippen molar-refractivity contribution in [3.05, 3.63) is 35.9 Å². The second-order valence-corrected chi connectivity index (χ2v) is 7.32. The minimum absolute atomic E-state index is 0.0113. The molecule has 1 aliphatic heterocycles. The first-order valence-electron chi connectivity index (χ1n) is 8.52. The highest BCUT2D eigenvalue weighted by Gasteiger charge is 2.15. The number of aliphatic imine (C=N–C) groups is 1. The number of guanidine groups is 1. The average Bonchev–Trinajstić information content (AvgIpc) is 2.61. The molecule has 1 fully saturated rings. The number of thioether (sulfide) groups is 1. The van der Waals surface area contributed by atoms with Crippen molar-refractivity contribution in [1.29, 1.82) is 0 Å². The fourth-order valence-electron chi connectivity index (χ4n) is 2.46. The quantitative estimate of drug-likeness (QED) is 0.607. The topological polar surface area (TPSA) is 56.7 Å². The van der Waals surface area contributed by atoms with Crippen molar-refractivity contribution in [2.75, 3.05) is 38.7 Å². The summed E-state index contributed by atoms with van der Waals surface area (Å²) in [6, 6.07) is 10.8. The minimum Gasteiger partial charge on any atom is -0.356 e. The molecule has 0 aliphatic carbocycles. The van der Waals surface area contributed by atoms with Crippen molar-refractivity contribution < 1.29 is 4.79 Å². The van der Waals surface area contributed by atoms with Crippen LogP contribution in [-0.2, 0) is 11.2 Å². The first kappa shape index (κ1) is 18.6. The van der Waals surface area contributed by atoms with Crippen molar-refractivity contribution in [2.24, 2.45) is 4.99 Å². The number of carbonyl (C=O) groups is 1. The van der Waals surface area contributed by atoms with E-state index in [2.05, 4.69) is 39.9 Å². The maximum Gasteiger partial charge on any atom is 0.243 e. The lowest BCUT2D eigenvalue weighted by Gasteiger charge is -2.25. The third-order valence-corrected chi connectivity index (χ3v) is 5.14. The van der Waals surface area contributed by atoms with Gasteiger partial charge in [0, 0.05) is 32.4 Å². The van der Waals surface area contributed by atoms with Gasteiger partial charge in [-0.05, 0) is 30.6 Å². The van der Waals surface area contributed by atoms with Gasteiger partial charge in [0.05, 0.1) is 0 Å². The summed E-state index contributed by atoms with van der Waals surface area (Å²) in [5.41, 5.74) is 1.29. The maximum atomic E-state index is 11.8. The third kappa shape index (κ3) is 6.83. The summed E-state index contributed by atoms with van der Waals surface area (Å²) < 4.78 is 0. The van der Waals surface area contributed by atoms with Crippen LogP contribution in [0.15, 0.2) is 35.3 Å². The smallest absolute Gasteiger partial charge is 0.243 e. The Morgan fingerprint density at radius 2 is 2.12 bits per heavy atom. The molecule has 1 aliphatic rings. The van der Waals surface area contributed by atoms with E-state index in [4.69, 9.17) is 0 Å². The predicted octanol–water partition coefficient (Wildman–Crippen LogP) is 1.75. The number of likely N-dealkylation sites (N-methyl/N-ethyl adjacent to an activating group) is 1. The standard InChI is InChI=1S/C18H28N4OS/c1-22(2)17(23)13-20-18(21-16-9-6-12-24-14-16)19-11-10-15-7-4-3-5-8-15/h3-5,7-8,16H,6,9-14H2,1-2H3,(H2,19,20,21). The summed E-state index contributed by atoms with van der Waals surface area (Å²) in [4.78, 5) is 17.8. The molecule has 0 bridgehead atoms. The largest absolute Gasteiger partial charge is 0.356 e. The fourth-order valence-corrected chi connectivity index (χ4v) is 3.53. The molecule has 6 heteroatoms. The molecule has 24 heavy (non-hydrogen) atoms. The van der Waals surface area contributed by atoms with Crippen LogP contribution in [0.5, 0.6) is 0 Å². The number of carbonyl (C=O) groups excluding carboxylic acids is 1. The Morgan fingerprint density at radius 1 is 1.33 bits per heavy atom. The molecule has 1 atom stereocenters. The average molecular weight is 349 g/mol. The van der Waals surface area contributed by atoms with E-state index in [0.29, 0.717) is 6.04 Å². The van der Waals surface area contributed by atoms with Crippen molar-refractivity contribution in [1.82, 2.24) is 15.5 Å². The molecule has 1 saturated heterocycles. The van der Waals surface area contributed by atoms with Gasteiger partial charge in [0.2, 0.25) is 5.91 Å². The molecular weight excluding hydrogens is 320 g/mol. The highest BCUT2D eigenvalue weighted by atomic mass is 32.2. The van der Waals surface area contributed by atoms with Gasteiger partial charge in [-0.1, -0.05) is 30.3 Å². The highest BCUT2D eigenvalue weighted by Crippen LogP contribution is 2.16. The van der Waals surface area contributed by atoms with Gasteiger partial charge in [-0.15, -0.1) is 0 Å². The Kier molecular flexibility index (Phi) is 7.95. The number of hydrogen-bond donors (Lipinski definition) is 2. The lowest BCUT2D eigenvalue weighted by atomic mass is 10.1. The van der Waals surface area contributed by atoms with E-state index >= 15 is 0 Å². The van der Waals surface area contributed by atoms with Crippen LogP contribution < -0.4 is 10.6 Å². The van der Waals surface area contributed by atoms with Crippen LogP contribution in [0.3, 0.4) is 0 Å². The van der Waals surface area contributed by atoms with Crippen molar-refractivity contribution in [2.45, 2.75) is 25.3 Å². The van der Waals surface area contributed by atoms with Gasteiger partial charge in [-0.2, -0.15) is 11.8 Å². The van der Waals surface area contributed by atoms with Crippen LogP contribution in [0, 0.1) is 0 Å². The lowest BCUT2D eigenvalue weighted by Crippen LogP contribution is -2.46. The zero-order valence-corrected chi connectivity index (χ0v) is 15.4. The van der Waals surface area contributed by atoms with Crippen LogP contribution in [0.4, 0.5) is 0 Å². The van der Waals surface area contributed by atoms with Crippen molar-refractivity contribution >= 4 is 23.6 Å². The molecule has 132 valence electrons. The molecule has 1 heterocycles. The van der Waals surface area contributed by atoms with Gasteiger partial charge in [0.25, 0.3) is 0 Å². The molecule has 5 nitrogen and oxygen atoms in total. The van der Waals surface area contributed by atoms with E-state index < -0.39 is 0 Å². The van der Waals surface area contributed by atoms with Gasteiger partial charge < -0.3 is 15.5 Å². The second kappa shape index (κ2) is 10.2. The summed E-state index contributed by atoms with van der Waals surface area (Å²) in [7, 11) is 3.51. The van der Waals surface area contributed by atoms with Crippen LogP contribution >= 0.6 is 11.8 Å². The zero-order chi connectivity index (χ0) is 17.2. The minimum atomic E-state index is 0.0113. The molecule has 1 amide bonds. The summed E-state index contributed by atoms with van der Waals surface area (Å²) in [5, 5.41) is 6.85. The van der Waals surface area contributed by atoms with Crippen LogP contribution in [0.2, 0.25) is 0 Å². The SMILES string of the molecule is CN(C)C(=O)CN=C(NCCc1ccccc1)NC1CCCSC1. The van der Waals surface area contributed by atoms with Gasteiger partial charge in [-0.25, -0.2) is 4.99 Å². The molecule has 0 aromatic heterocycles. The summed E-state index contributed by atoms with van der Waals surface area (Å²) >= 11 is 1.97. The Hall–Kier alpha value is -1.69. The summed E-state index contributed by atoms with van der Waals surface area (Å²) in [5.74, 6) is 3.09. The molecule has 0 radical (unpaired) electrons. The van der Waals surface area contributed by atoms with E-state index in [1.807, 2.05) is 17.8 Å². The number of nitrogens with zero attached hydrogens (tertiary/aromatic N) is 2. The van der Waals surface area contributed by atoms with Gasteiger partial charge >= 0.3 is 0 Å². The first-order chi connectivity index (χ1) is 11.6. The first-order valence-corrected chi connectivity index (χ1v) is 9.67. The highest BCUT2D eigenvalue weighted by molar-refractivity contribution is 7.99. The number of hydrogen-bond acceptors (Lipinski definition) is 3. The molecule has 1 aromatic rings. The van der Waals surface area contributed by atoms with Crippen LogP contribution in [0.1, 0.15) is 18.4 Å². The van der Waals surface area contributed by atoms with Crippen LogP contribution in [-0.4, -0.2) is 61.5 Å². The lowest BCUT2D eigenvalue weighted by molar-refractivity contribution is -0.127. The Balaban J connectivity index is 1.88. The predicted molar refractivity (Wildman–Crippen MR) is 103 cm³/mol.